The van der Waals surface area contributed by atoms with E-state index in [4.69, 9.17) is 9.94 Å². The molecule has 4 heteroatoms. The monoisotopic (exact) mass is 231 g/mol. The van der Waals surface area contributed by atoms with Gasteiger partial charge in [-0.15, -0.1) is 0 Å². The van der Waals surface area contributed by atoms with Crippen LogP contribution in [0.4, 0.5) is 0 Å². The minimum atomic E-state index is -0.283. The highest BCUT2D eigenvalue weighted by Crippen LogP contribution is 2.38. The molecule has 1 atom stereocenters. The Morgan fingerprint density at radius 3 is 2.06 bits per heavy atom. The normalized spacial score (nSPS) is 27.9. The molecule has 1 aliphatic rings. The smallest absolute Gasteiger partial charge is 0.0995 e. The van der Waals surface area contributed by atoms with Gasteiger partial charge in [0.15, 0.2) is 0 Å². The standard InChI is InChI=1S/C12H25NO3/c1-9(8-14)16-13-11(2,3)6-10(15)7-12(13,4)5/h9-10,14-15H,6-8H2,1-5H3. The molecule has 1 heterocycles. The van der Waals surface area contributed by atoms with E-state index in [1.807, 2.05) is 12.0 Å². The van der Waals surface area contributed by atoms with Gasteiger partial charge in [-0.05, 0) is 47.5 Å². The Bertz CT molecular complexity index is 222. The van der Waals surface area contributed by atoms with Crippen molar-refractivity contribution in [1.82, 2.24) is 5.06 Å². The molecule has 0 amide bonds. The molecule has 0 aliphatic carbocycles. The average molecular weight is 231 g/mol. The highest BCUT2D eigenvalue weighted by molar-refractivity contribution is 4.96. The van der Waals surface area contributed by atoms with Crippen LogP contribution in [0.2, 0.25) is 0 Å². The van der Waals surface area contributed by atoms with E-state index in [0.717, 1.165) is 0 Å². The first-order chi connectivity index (χ1) is 7.19. The summed E-state index contributed by atoms with van der Waals surface area (Å²) in [5.74, 6) is 0. The van der Waals surface area contributed by atoms with Crippen molar-refractivity contribution >= 4 is 0 Å². The zero-order valence-corrected chi connectivity index (χ0v) is 11.0. The molecule has 1 saturated heterocycles. The number of aliphatic hydroxyl groups excluding tert-OH is 2. The summed E-state index contributed by atoms with van der Waals surface area (Å²) in [6, 6.07) is 0. The predicted molar refractivity (Wildman–Crippen MR) is 62.9 cm³/mol. The lowest BCUT2D eigenvalue weighted by Gasteiger charge is -2.53. The predicted octanol–water partition coefficient (Wildman–Crippen LogP) is 1.31. The highest BCUT2D eigenvalue weighted by atomic mass is 16.7. The van der Waals surface area contributed by atoms with Crippen molar-refractivity contribution in [2.24, 2.45) is 0 Å². The topological polar surface area (TPSA) is 52.9 Å². The Labute approximate surface area is 98.2 Å². The fourth-order valence-electron chi connectivity index (χ4n) is 2.71. The van der Waals surface area contributed by atoms with Crippen molar-refractivity contribution < 1.29 is 15.1 Å². The summed E-state index contributed by atoms with van der Waals surface area (Å²) in [5, 5.41) is 20.9. The van der Waals surface area contributed by atoms with Crippen LogP contribution < -0.4 is 0 Å². The molecule has 1 unspecified atom stereocenters. The third-order valence-electron chi connectivity index (χ3n) is 3.11. The molecule has 0 bridgehead atoms. The van der Waals surface area contributed by atoms with Gasteiger partial charge in [0.2, 0.25) is 0 Å². The van der Waals surface area contributed by atoms with Gasteiger partial charge in [-0.1, -0.05) is 0 Å². The van der Waals surface area contributed by atoms with E-state index in [1.165, 1.54) is 0 Å². The molecule has 1 aliphatic heterocycles. The summed E-state index contributed by atoms with van der Waals surface area (Å²) in [5.41, 5.74) is -0.435. The lowest BCUT2D eigenvalue weighted by molar-refractivity contribution is -0.314. The van der Waals surface area contributed by atoms with Gasteiger partial charge in [0.25, 0.3) is 0 Å². The molecule has 16 heavy (non-hydrogen) atoms. The summed E-state index contributed by atoms with van der Waals surface area (Å²) in [7, 11) is 0. The number of hydrogen-bond donors (Lipinski definition) is 2. The van der Waals surface area contributed by atoms with Crippen LogP contribution in [0, 0.1) is 0 Å². The summed E-state index contributed by atoms with van der Waals surface area (Å²) < 4.78 is 0. The van der Waals surface area contributed by atoms with Gasteiger partial charge in [-0.3, -0.25) is 4.84 Å². The zero-order chi connectivity index (χ0) is 12.6. The van der Waals surface area contributed by atoms with E-state index >= 15 is 0 Å². The van der Waals surface area contributed by atoms with Crippen LogP contribution in [0.3, 0.4) is 0 Å². The van der Waals surface area contributed by atoms with Crippen molar-refractivity contribution in [2.75, 3.05) is 6.61 Å². The van der Waals surface area contributed by atoms with Crippen LogP contribution in [0.25, 0.3) is 0 Å². The van der Waals surface area contributed by atoms with Gasteiger partial charge < -0.3 is 10.2 Å². The lowest BCUT2D eigenvalue weighted by atomic mass is 9.80. The van der Waals surface area contributed by atoms with Crippen molar-refractivity contribution in [1.29, 1.82) is 0 Å². The molecule has 0 radical (unpaired) electrons. The zero-order valence-electron chi connectivity index (χ0n) is 11.0. The number of hydrogen-bond acceptors (Lipinski definition) is 4. The summed E-state index contributed by atoms with van der Waals surface area (Å²) in [4.78, 5) is 5.79. The molecule has 0 spiro atoms. The number of nitrogens with zero attached hydrogens (tertiary/aromatic N) is 1. The van der Waals surface area contributed by atoms with Gasteiger partial charge in [0, 0.05) is 11.1 Å². The quantitative estimate of drug-likeness (QED) is 0.769. The molecule has 0 aromatic heterocycles. The van der Waals surface area contributed by atoms with Crippen LogP contribution >= 0.6 is 0 Å². The second-order valence-electron chi connectivity index (χ2n) is 6.08. The third kappa shape index (κ3) is 2.94. The largest absolute Gasteiger partial charge is 0.394 e. The molecule has 0 aromatic rings. The summed E-state index contributed by atoms with van der Waals surface area (Å²) in [6.07, 6.45) is 0.881. The molecule has 96 valence electrons. The Hall–Kier alpha value is -0.160. The fourth-order valence-corrected chi connectivity index (χ4v) is 2.71. The third-order valence-corrected chi connectivity index (χ3v) is 3.11. The van der Waals surface area contributed by atoms with Crippen LogP contribution in [0.5, 0.6) is 0 Å². The van der Waals surface area contributed by atoms with Gasteiger partial charge in [0.05, 0.1) is 18.8 Å². The van der Waals surface area contributed by atoms with E-state index in [0.29, 0.717) is 12.8 Å². The van der Waals surface area contributed by atoms with Crippen LogP contribution in [-0.4, -0.2) is 45.2 Å². The second-order valence-corrected chi connectivity index (χ2v) is 6.08. The molecular weight excluding hydrogens is 206 g/mol. The first kappa shape index (κ1) is 13.9. The maximum atomic E-state index is 9.86. The molecule has 1 fully saturated rings. The number of aliphatic hydroxyl groups is 2. The van der Waals surface area contributed by atoms with Crippen molar-refractivity contribution in [3.8, 4) is 0 Å². The van der Waals surface area contributed by atoms with E-state index in [9.17, 15) is 5.11 Å². The van der Waals surface area contributed by atoms with Gasteiger partial charge in [0.1, 0.15) is 0 Å². The lowest BCUT2D eigenvalue weighted by Crippen LogP contribution is -2.62. The maximum absolute atomic E-state index is 9.86. The Morgan fingerprint density at radius 2 is 1.69 bits per heavy atom. The van der Waals surface area contributed by atoms with Crippen molar-refractivity contribution in [2.45, 2.75) is 70.7 Å². The SMILES string of the molecule is CC(CO)ON1C(C)(C)CC(O)CC1(C)C. The van der Waals surface area contributed by atoms with Crippen LogP contribution in [0.15, 0.2) is 0 Å². The second kappa shape index (κ2) is 4.61. The van der Waals surface area contributed by atoms with Gasteiger partial charge in [-0.2, -0.15) is 5.06 Å². The average Bonchev–Trinajstić information content (AvgIpc) is 2.08. The molecular formula is C12H25NO3. The van der Waals surface area contributed by atoms with Crippen molar-refractivity contribution in [3.63, 3.8) is 0 Å². The number of hydroxylamine groups is 2. The number of rotatable bonds is 3. The van der Waals surface area contributed by atoms with E-state index < -0.39 is 0 Å². The summed E-state index contributed by atoms with van der Waals surface area (Å²) >= 11 is 0. The fraction of sp³-hybridized carbons (Fsp3) is 1.00. The Kier molecular flexibility index (Phi) is 4.00. The van der Waals surface area contributed by atoms with Crippen LogP contribution in [-0.2, 0) is 4.84 Å². The van der Waals surface area contributed by atoms with Crippen molar-refractivity contribution in [3.05, 3.63) is 0 Å². The Balaban J connectivity index is 2.84. The van der Waals surface area contributed by atoms with E-state index in [1.54, 1.807) is 0 Å². The highest BCUT2D eigenvalue weighted by Gasteiger charge is 2.46. The first-order valence-corrected chi connectivity index (χ1v) is 5.95. The Morgan fingerprint density at radius 1 is 1.25 bits per heavy atom. The molecule has 0 saturated carbocycles. The van der Waals surface area contributed by atoms with E-state index in [2.05, 4.69) is 27.7 Å². The molecule has 4 nitrogen and oxygen atoms in total. The van der Waals surface area contributed by atoms with Gasteiger partial charge in [-0.25, -0.2) is 0 Å². The minimum Gasteiger partial charge on any atom is -0.394 e. The molecule has 0 aromatic carbocycles. The summed E-state index contributed by atoms with van der Waals surface area (Å²) in [6.45, 7) is 10.1. The first-order valence-electron chi connectivity index (χ1n) is 5.95. The van der Waals surface area contributed by atoms with E-state index in [-0.39, 0.29) is 29.9 Å². The minimum absolute atomic E-state index is 0.00517. The molecule has 1 rings (SSSR count). The molecule has 2 N–H and O–H groups in total. The number of piperidine rings is 1. The maximum Gasteiger partial charge on any atom is 0.0995 e. The van der Waals surface area contributed by atoms with Gasteiger partial charge >= 0.3 is 0 Å². The van der Waals surface area contributed by atoms with Crippen LogP contribution in [0.1, 0.15) is 47.5 Å².